The SMILES string of the molecule is C=C(C)CNCCNC(C)=O. The number of carbonyl (C=O) groups excluding carboxylic acids is 1. The van der Waals surface area contributed by atoms with Crippen LogP contribution in [-0.4, -0.2) is 25.5 Å². The summed E-state index contributed by atoms with van der Waals surface area (Å²) in [7, 11) is 0. The fourth-order valence-electron chi connectivity index (χ4n) is 0.629. The van der Waals surface area contributed by atoms with Crippen molar-refractivity contribution in [1.29, 1.82) is 0 Å². The molecule has 2 N–H and O–H groups in total. The van der Waals surface area contributed by atoms with Crippen molar-refractivity contribution in [2.75, 3.05) is 19.6 Å². The number of hydrogen-bond acceptors (Lipinski definition) is 2. The number of rotatable bonds is 5. The first-order valence-corrected chi connectivity index (χ1v) is 3.72. The quantitative estimate of drug-likeness (QED) is 0.443. The standard InChI is InChI=1S/C8H16N2O/c1-7(2)6-9-4-5-10-8(3)11/h9H,1,4-6H2,2-3H3,(H,10,11). The van der Waals surface area contributed by atoms with E-state index in [1.807, 2.05) is 6.92 Å². The highest BCUT2D eigenvalue weighted by Crippen LogP contribution is 1.79. The minimum Gasteiger partial charge on any atom is -0.355 e. The first kappa shape index (κ1) is 10.2. The molecule has 0 fully saturated rings. The summed E-state index contributed by atoms with van der Waals surface area (Å²) in [5.74, 6) is 0.0159. The molecule has 0 radical (unpaired) electrons. The summed E-state index contributed by atoms with van der Waals surface area (Å²) < 4.78 is 0. The number of carbonyl (C=O) groups is 1. The van der Waals surface area contributed by atoms with Gasteiger partial charge in [-0.3, -0.25) is 4.79 Å². The third kappa shape index (κ3) is 9.17. The number of hydrogen-bond donors (Lipinski definition) is 2. The van der Waals surface area contributed by atoms with E-state index >= 15 is 0 Å². The molecular weight excluding hydrogens is 140 g/mol. The van der Waals surface area contributed by atoms with Gasteiger partial charge in [0.1, 0.15) is 0 Å². The molecular formula is C8H16N2O. The first-order chi connectivity index (χ1) is 5.13. The Hall–Kier alpha value is -0.830. The fourth-order valence-corrected chi connectivity index (χ4v) is 0.629. The van der Waals surface area contributed by atoms with Gasteiger partial charge in [0.25, 0.3) is 0 Å². The zero-order chi connectivity index (χ0) is 8.69. The molecule has 0 aliphatic carbocycles. The molecule has 1 amide bonds. The van der Waals surface area contributed by atoms with Crippen LogP contribution in [0.1, 0.15) is 13.8 Å². The van der Waals surface area contributed by atoms with Gasteiger partial charge in [-0.25, -0.2) is 0 Å². The largest absolute Gasteiger partial charge is 0.355 e. The molecule has 0 saturated carbocycles. The van der Waals surface area contributed by atoms with Crippen molar-refractivity contribution in [1.82, 2.24) is 10.6 Å². The van der Waals surface area contributed by atoms with Gasteiger partial charge in [-0.05, 0) is 6.92 Å². The molecule has 64 valence electrons. The third-order valence-corrected chi connectivity index (χ3v) is 1.10. The average molecular weight is 156 g/mol. The van der Waals surface area contributed by atoms with Crippen molar-refractivity contribution >= 4 is 5.91 Å². The highest BCUT2D eigenvalue weighted by Gasteiger charge is 1.89. The van der Waals surface area contributed by atoms with Gasteiger partial charge in [0.15, 0.2) is 0 Å². The maximum absolute atomic E-state index is 10.4. The molecule has 0 rings (SSSR count). The van der Waals surface area contributed by atoms with Gasteiger partial charge in [0.05, 0.1) is 0 Å². The van der Waals surface area contributed by atoms with E-state index in [1.54, 1.807) is 0 Å². The van der Waals surface area contributed by atoms with Gasteiger partial charge in [-0.2, -0.15) is 0 Å². The summed E-state index contributed by atoms with van der Waals surface area (Å²) in [5, 5.41) is 5.81. The lowest BCUT2D eigenvalue weighted by molar-refractivity contribution is -0.118. The normalized spacial score (nSPS) is 9.27. The van der Waals surface area contributed by atoms with E-state index in [2.05, 4.69) is 17.2 Å². The second kappa shape index (κ2) is 5.92. The van der Waals surface area contributed by atoms with Crippen LogP contribution < -0.4 is 10.6 Å². The Morgan fingerprint density at radius 3 is 2.45 bits per heavy atom. The Morgan fingerprint density at radius 2 is 2.00 bits per heavy atom. The summed E-state index contributed by atoms with van der Waals surface area (Å²) in [4.78, 5) is 10.4. The van der Waals surface area contributed by atoms with Crippen molar-refractivity contribution in [3.8, 4) is 0 Å². The monoisotopic (exact) mass is 156 g/mol. The Kier molecular flexibility index (Phi) is 5.47. The predicted molar refractivity (Wildman–Crippen MR) is 46.4 cm³/mol. The zero-order valence-electron chi connectivity index (χ0n) is 7.24. The zero-order valence-corrected chi connectivity index (χ0v) is 7.24. The lowest BCUT2D eigenvalue weighted by atomic mass is 10.3. The molecule has 0 saturated heterocycles. The van der Waals surface area contributed by atoms with E-state index in [0.29, 0.717) is 6.54 Å². The second-order valence-corrected chi connectivity index (χ2v) is 2.62. The molecule has 0 aromatic carbocycles. The van der Waals surface area contributed by atoms with Crippen molar-refractivity contribution in [3.05, 3.63) is 12.2 Å². The topological polar surface area (TPSA) is 41.1 Å². The molecule has 0 aromatic rings. The highest BCUT2D eigenvalue weighted by atomic mass is 16.1. The molecule has 0 atom stereocenters. The van der Waals surface area contributed by atoms with Gasteiger partial charge in [-0.15, -0.1) is 0 Å². The molecule has 0 spiro atoms. The summed E-state index contributed by atoms with van der Waals surface area (Å²) in [6.07, 6.45) is 0. The minimum atomic E-state index is 0.0159. The fraction of sp³-hybridized carbons (Fsp3) is 0.625. The predicted octanol–water partition coefficient (Wildman–Crippen LogP) is 0.288. The molecule has 0 unspecified atom stereocenters. The second-order valence-electron chi connectivity index (χ2n) is 2.62. The van der Waals surface area contributed by atoms with E-state index in [9.17, 15) is 4.79 Å². The van der Waals surface area contributed by atoms with E-state index in [1.165, 1.54) is 6.92 Å². The van der Waals surface area contributed by atoms with Crippen LogP contribution in [0.5, 0.6) is 0 Å². The average Bonchev–Trinajstić information content (AvgIpc) is 1.85. The van der Waals surface area contributed by atoms with E-state index in [0.717, 1.165) is 18.7 Å². The maximum atomic E-state index is 10.4. The lowest BCUT2D eigenvalue weighted by Gasteiger charge is -2.03. The third-order valence-electron chi connectivity index (χ3n) is 1.10. The van der Waals surface area contributed by atoms with Crippen molar-refractivity contribution in [2.24, 2.45) is 0 Å². The van der Waals surface area contributed by atoms with Crippen LogP contribution >= 0.6 is 0 Å². The van der Waals surface area contributed by atoms with Crippen LogP contribution in [0.3, 0.4) is 0 Å². The summed E-state index contributed by atoms with van der Waals surface area (Å²) in [5.41, 5.74) is 1.10. The van der Waals surface area contributed by atoms with Crippen LogP contribution in [0.15, 0.2) is 12.2 Å². The van der Waals surface area contributed by atoms with Crippen LogP contribution in [0.4, 0.5) is 0 Å². The first-order valence-electron chi connectivity index (χ1n) is 3.72. The van der Waals surface area contributed by atoms with Crippen molar-refractivity contribution in [2.45, 2.75) is 13.8 Å². The smallest absolute Gasteiger partial charge is 0.216 e. The summed E-state index contributed by atoms with van der Waals surface area (Å²) in [6, 6.07) is 0. The number of amides is 1. The Bertz CT molecular complexity index is 127. The van der Waals surface area contributed by atoms with E-state index < -0.39 is 0 Å². The van der Waals surface area contributed by atoms with Crippen LogP contribution in [0, 0.1) is 0 Å². The lowest BCUT2D eigenvalue weighted by Crippen LogP contribution is -2.30. The van der Waals surface area contributed by atoms with E-state index in [4.69, 9.17) is 0 Å². The van der Waals surface area contributed by atoms with Crippen molar-refractivity contribution < 1.29 is 4.79 Å². The molecule has 0 heterocycles. The van der Waals surface area contributed by atoms with Gasteiger partial charge < -0.3 is 10.6 Å². The molecule has 0 aliphatic heterocycles. The van der Waals surface area contributed by atoms with Crippen LogP contribution in [0.2, 0.25) is 0 Å². The van der Waals surface area contributed by atoms with Gasteiger partial charge in [-0.1, -0.05) is 12.2 Å². The van der Waals surface area contributed by atoms with Gasteiger partial charge in [0.2, 0.25) is 5.91 Å². The molecule has 3 nitrogen and oxygen atoms in total. The van der Waals surface area contributed by atoms with Crippen LogP contribution in [0.25, 0.3) is 0 Å². The number of nitrogens with one attached hydrogen (secondary N) is 2. The Balaban J connectivity index is 3.03. The molecule has 11 heavy (non-hydrogen) atoms. The molecule has 0 aliphatic rings. The Labute approximate surface area is 67.9 Å². The highest BCUT2D eigenvalue weighted by molar-refractivity contribution is 5.72. The van der Waals surface area contributed by atoms with Gasteiger partial charge in [0, 0.05) is 26.6 Å². The van der Waals surface area contributed by atoms with Gasteiger partial charge >= 0.3 is 0 Å². The molecule has 0 bridgehead atoms. The van der Waals surface area contributed by atoms with E-state index in [-0.39, 0.29) is 5.91 Å². The summed E-state index contributed by atoms with van der Waals surface area (Å²) >= 11 is 0. The molecule has 3 heteroatoms. The maximum Gasteiger partial charge on any atom is 0.216 e. The van der Waals surface area contributed by atoms with Crippen LogP contribution in [-0.2, 0) is 4.79 Å². The Morgan fingerprint density at radius 1 is 1.36 bits per heavy atom. The van der Waals surface area contributed by atoms with Crippen molar-refractivity contribution in [3.63, 3.8) is 0 Å². The minimum absolute atomic E-state index is 0.0159. The summed E-state index contributed by atoms with van der Waals surface area (Å²) in [6.45, 7) is 9.51. The molecule has 0 aromatic heterocycles.